The molecule has 0 saturated carbocycles. The summed E-state index contributed by atoms with van der Waals surface area (Å²) in [4.78, 5) is 13.2. The Morgan fingerprint density at radius 1 is 1.31 bits per heavy atom. The van der Waals surface area contributed by atoms with Gasteiger partial charge >= 0.3 is 0 Å². The lowest BCUT2D eigenvalue weighted by atomic mass is 10.1. The third-order valence-corrected chi connectivity index (χ3v) is 2.46. The van der Waals surface area contributed by atoms with E-state index in [1.54, 1.807) is 25.9 Å². The molecular formula is C13H19NO2. The number of carbonyl (C=O) groups excluding carboxylic acids is 1. The lowest BCUT2D eigenvalue weighted by Gasteiger charge is -2.10. The molecule has 1 aromatic rings. The Bertz CT molecular complexity index is 341. The summed E-state index contributed by atoms with van der Waals surface area (Å²) in [6.07, 6.45) is 1.32. The minimum absolute atomic E-state index is 0.0158. The Kier molecular flexibility index (Phi) is 4.50. The van der Waals surface area contributed by atoms with Crippen molar-refractivity contribution in [1.29, 1.82) is 0 Å². The van der Waals surface area contributed by atoms with Crippen molar-refractivity contribution in [2.24, 2.45) is 0 Å². The molecule has 1 N–H and O–H groups in total. The molecule has 0 fully saturated rings. The van der Waals surface area contributed by atoms with Crippen LogP contribution in [-0.2, 0) is 6.42 Å². The lowest BCUT2D eigenvalue weighted by Crippen LogP contribution is -2.21. The van der Waals surface area contributed by atoms with Crippen LogP contribution in [0.2, 0.25) is 0 Å². The average Bonchev–Trinajstić information content (AvgIpc) is 2.26. The molecule has 0 aliphatic rings. The fraction of sp³-hybridized carbons (Fsp3) is 0.462. The zero-order chi connectivity index (χ0) is 12.1. The van der Waals surface area contributed by atoms with Crippen LogP contribution in [0.25, 0.3) is 0 Å². The van der Waals surface area contributed by atoms with Crippen LogP contribution in [0.3, 0.4) is 0 Å². The second-order valence-electron chi connectivity index (χ2n) is 4.28. The number of benzene rings is 1. The fourth-order valence-electron chi connectivity index (χ4n) is 1.45. The summed E-state index contributed by atoms with van der Waals surface area (Å²) >= 11 is 0. The summed E-state index contributed by atoms with van der Waals surface area (Å²) in [5.41, 5.74) is 1.85. The molecule has 16 heavy (non-hydrogen) atoms. The molecule has 1 aromatic carbocycles. The van der Waals surface area contributed by atoms with Gasteiger partial charge in [0, 0.05) is 19.7 Å². The lowest BCUT2D eigenvalue weighted by molar-refractivity contribution is 0.0827. The zero-order valence-corrected chi connectivity index (χ0v) is 10.1. The van der Waals surface area contributed by atoms with Gasteiger partial charge in [-0.25, -0.2) is 0 Å². The molecule has 0 spiro atoms. The highest BCUT2D eigenvalue weighted by Crippen LogP contribution is 2.09. The van der Waals surface area contributed by atoms with Crippen molar-refractivity contribution in [3.63, 3.8) is 0 Å². The van der Waals surface area contributed by atoms with Crippen molar-refractivity contribution < 1.29 is 9.90 Å². The standard InChI is InChI=1S/C13H19NO2/c1-10(15)4-5-11-6-8-12(9-7-11)13(16)14(2)3/h6-10,15H,4-5H2,1-3H3/t10-/m1/s1. The molecular weight excluding hydrogens is 202 g/mol. The number of carbonyl (C=O) groups is 1. The van der Waals surface area contributed by atoms with Gasteiger partial charge in [0.2, 0.25) is 0 Å². The molecule has 0 aromatic heterocycles. The maximum absolute atomic E-state index is 11.6. The molecule has 3 nitrogen and oxygen atoms in total. The van der Waals surface area contributed by atoms with Gasteiger partial charge in [-0.2, -0.15) is 0 Å². The van der Waals surface area contributed by atoms with Gasteiger partial charge in [0.05, 0.1) is 6.10 Å². The summed E-state index contributed by atoms with van der Waals surface area (Å²) in [7, 11) is 3.48. The third kappa shape index (κ3) is 3.66. The maximum Gasteiger partial charge on any atom is 0.253 e. The van der Waals surface area contributed by atoms with E-state index < -0.39 is 0 Å². The molecule has 88 valence electrons. The SMILES string of the molecule is C[C@@H](O)CCc1ccc(C(=O)N(C)C)cc1. The number of aliphatic hydroxyl groups excluding tert-OH is 1. The largest absolute Gasteiger partial charge is 0.393 e. The van der Waals surface area contributed by atoms with Gasteiger partial charge in [-0.15, -0.1) is 0 Å². The number of aryl methyl sites for hydroxylation is 1. The van der Waals surface area contributed by atoms with Crippen LogP contribution < -0.4 is 0 Å². The minimum atomic E-state index is -0.275. The van der Waals surface area contributed by atoms with E-state index in [0.29, 0.717) is 5.56 Å². The van der Waals surface area contributed by atoms with Crippen LogP contribution >= 0.6 is 0 Å². The first kappa shape index (κ1) is 12.7. The van der Waals surface area contributed by atoms with E-state index in [1.807, 2.05) is 24.3 Å². The Morgan fingerprint density at radius 3 is 2.31 bits per heavy atom. The molecule has 0 heterocycles. The van der Waals surface area contributed by atoms with Gasteiger partial charge in [0.1, 0.15) is 0 Å². The van der Waals surface area contributed by atoms with Crippen molar-refractivity contribution in [3.05, 3.63) is 35.4 Å². The van der Waals surface area contributed by atoms with Gasteiger partial charge in [-0.1, -0.05) is 12.1 Å². The molecule has 1 rings (SSSR count). The second kappa shape index (κ2) is 5.66. The molecule has 0 bridgehead atoms. The Labute approximate surface area is 96.7 Å². The number of rotatable bonds is 4. The Hall–Kier alpha value is -1.35. The summed E-state index contributed by atoms with van der Waals surface area (Å²) in [5, 5.41) is 9.17. The topological polar surface area (TPSA) is 40.5 Å². The first-order valence-electron chi connectivity index (χ1n) is 5.49. The second-order valence-corrected chi connectivity index (χ2v) is 4.28. The van der Waals surface area contributed by atoms with Crippen molar-refractivity contribution in [3.8, 4) is 0 Å². The molecule has 1 atom stereocenters. The van der Waals surface area contributed by atoms with Crippen molar-refractivity contribution in [2.75, 3.05) is 14.1 Å². The van der Waals surface area contributed by atoms with Crippen molar-refractivity contribution in [2.45, 2.75) is 25.9 Å². The van der Waals surface area contributed by atoms with Crippen LogP contribution in [0.5, 0.6) is 0 Å². The van der Waals surface area contributed by atoms with Crippen molar-refractivity contribution in [1.82, 2.24) is 4.90 Å². The minimum Gasteiger partial charge on any atom is -0.393 e. The predicted octanol–water partition coefficient (Wildman–Crippen LogP) is 1.70. The van der Waals surface area contributed by atoms with Crippen LogP contribution in [0.4, 0.5) is 0 Å². The van der Waals surface area contributed by atoms with Gasteiger partial charge < -0.3 is 10.0 Å². The maximum atomic E-state index is 11.6. The number of nitrogens with zero attached hydrogens (tertiary/aromatic N) is 1. The number of hydrogen-bond donors (Lipinski definition) is 1. The Balaban J connectivity index is 2.64. The zero-order valence-electron chi connectivity index (χ0n) is 10.1. The normalized spacial score (nSPS) is 12.2. The molecule has 3 heteroatoms. The first-order chi connectivity index (χ1) is 7.50. The van der Waals surface area contributed by atoms with Crippen LogP contribution in [0, 0.1) is 0 Å². The van der Waals surface area contributed by atoms with E-state index in [0.717, 1.165) is 18.4 Å². The molecule has 0 radical (unpaired) electrons. The number of aliphatic hydroxyl groups is 1. The molecule has 0 aliphatic heterocycles. The smallest absolute Gasteiger partial charge is 0.253 e. The van der Waals surface area contributed by atoms with E-state index in [4.69, 9.17) is 5.11 Å². The highest BCUT2D eigenvalue weighted by atomic mass is 16.3. The van der Waals surface area contributed by atoms with Crippen LogP contribution in [0.1, 0.15) is 29.3 Å². The van der Waals surface area contributed by atoms with E-state index in [-0.39, 0.29) is 12.0 Å². The Morgan fingerprint density at radius 2 is 1.88 bits per heavy atom. The molecule has 0 unspecified atom stereocenters. The quantitative estimate of drug-likeness (QED) is 0.840. The summed E-state index contributed by atoms with van der Waals surface area (Å²) in [6, 6.07) is 7.55. The van der Waals surface area contributed by atoms with E-state index in [1.165, 1.54) is 0 Å². The van der Waals surface area contributed by atoms with Crippen LogP contribution in [0.15, 0.2) is 24.3 Å². The van der Waals surface area contributed by atoms with Gasteiger partial charge in [0.15, 0.2) is 0 Å². The molecule has 0 saturated heterocycles. The van der Waals surface area contributed by atoms with Gasteiger partial charge in [-0.05, 0) is 37.5 Å². The summed E-state index contributed by atoms with van der Waals surface area (Å²) in [6.45, 7) is 1.78. The summed E-state index contributed by atoms with van der Waals surface area (Å²) in [5.74, 6) is 0.0158. The van der Waals surface area contributed by atoms with E-state index in [9.17, 15) is 4.79 Å². The average molecular weight is 221 g/mol. The monoisotopic (exact) mass is 221 g/mol. The van der Waals surface area contributed by atoms with E-state index in [2.05, 4.69) is 0 Å². The number of amides is 1. The van der Waals surface area contributed by atoms with E-state index >= 15 is 0 Å². The first-order valence-corrected chi connectivity index (χ1v) is 5.49. The third-order valence-electron chi connectivity index (χ3n) is 2.46. The highest BCUT2D eigenvalue weighted by molar-refractivity contribution is 5.93. The molecule has 1 amide bonds. The van der Waals surface area contributed by atoms with Crippen LogP contribution in [-0.4, -0.2) is 36.1 Å². The molecule has 0 aliphatic carbocycles. The van der Waals surface area contributed by atoms with Gasteiger partial charge in [-0.3, -0.25) is 4.79 Å². The van der Waals surface area contributed by atoms with Crippen molar-refractivity contribution >= 4 is 5.91 Å². The van der Waals surface area contributed by atoms with Gasteiger partial charge in [0.25, 0.3) is 5.91 Å². The predicted molar refractivity (Wildman–Crippen MR) is 64.5 cm³/mol. The highest BCUT2D eigenvalue weighted by Gasteiger charge is 2.07. The summed E-state index contributed by atoms with van der Waals surface area (Å²) < 4.78 is 0. The fourth-order valence-corrected chi connectivity index (χ4v) is 1.45. The number of hydrogen-bond acceptors (Lipinski definition) is 2.